The monoisotopic (exact) mass is 498 g/mol. The molecule has 1 aliphatic carbocycles. The second-order valence-electron chi connectivity index (χ2n) is 10.1. The maximum Gasteiger partial charge on any atom is 0.231 e. The number of allylic oxidation sites excluding steroid dienone is 4. The summed E-state index contributed by atoms with van der Waals surface area (Å²) in [5.41, 5.74) is 8.92. The number of rotatable bonds is 11. The van der Waals surface area contributed by atoms with Gasteiger partial charge in [0, 0.05) is 37.6 Å². The summed E-state index contributed by atoms with van der Waals surface area (Å²) in [5.74, 6) is 2.32. The van der Waals surface area contributed by atoms with E-state index in [4.69, 9.17) is 10.2 Å². The van der Waals surface area contributed by atoms with E-state index in [1.807, 2.05) is 50.4 Å². The smallest absolute Gasteiger partial charge is 0.231 e. The fourth-order valence-corrected chi connectivity index (χ4v) is 4.51. The van der Waals surface area contributed by atoms with Gasteiger partial charge in [0.2, 0.25) is 15.9 Å². The van der Waals surface area contributed by atoms with Crippen molar-refractivity contribution in [3.8, 4) is 0 Å². The van der Waals surface area contributed by atoms with Gasteiger partial charge >= 0.3 is 0 Å². The lowest BCUT2D eigenvalue weighted by atomic mass is 9.92. The van der Waals surface area contributed by atoms with Crippen molar-refractivity contribution in [2.75, 3.05) is 26.9 Å². The molecular weight excluding hydrogens is 460 g/mol. The maximum atomic E-state index is 12.1. The Balaban J connectivity index is 1.93. The zero-order chi connectivity index (χ0) is 26.0. The molecule has 190 valence electrons. The third-order valence-electron chi connectivity index (χ3n) is 6.69. The molecular formula is C27H38N4O3S. The number of oxazole rings is 1. The van der Waals surface area contributed by atoms with E-state index in [0.29, 0.717) is 35.3 Å². The molecule has 3 atom stereocenters. The Morgan fingerprint density at radius 3 is 2.49 bits per heavy atom. The van der Waals surface area contributed by atoms with Crippen LogP contribution < -0.4 is 5.73 Å². The lowest BCUT2D eigenvalue weighted by Crippen LogP contribution is -2.35. The van der Waals surface area contributed by atoms with Crippen LogP contribution in [0.25, 0.3) is 5.57 Å². The van der Waals surface area contributed by atoms with Gasteiger partial charge in [0.15, 0.2) is 0 Å². The van der Waals surface area contributed by atoms with E-state index in [0.717, 1.165) is 23.7 Å². The van der Waals surface area contributed by atoms with Crippen LogP contribution in [0.3, 0.4) is 0 Å². The molecule has 1 heterocycles. The highest BCUT2D eigenvalue weighted by Gasteiger charge is 2.33. The largest absolute Gasteiger partial charge is 0.439 e. The number of nitrogens with two attached hydrogens (primary N) is 1. The van der Waals surface area contributed by atoms with Gasteiger partial charge in [-0.1, -0.05) is 43.8 Å². The SMILES string of the molecule is C=C(/C=C(\C=C(/C)N(C)S(C)(=O)=O)c1ncc([C@](C)(N)Cc2ccccc2)o1)N(C)CC1CC1C. The predicted octanol–water partition coefficient (Wildman–Crippen LogP) is 4.37. The van der Waals surface area contributed by atoms with Gasteiger partial charge in [0.1, 0.15) is 5.76 Å². The third-order valence-corrected chi connectivity index (χ3v) is 7.97. The number of aromatic nitrogens is 1. The van der Waals surface area contributed by atoms with Gasteiger partial charge in [-0.2, -0.15) is 0 Å². The molecule has 1 saturated carbocycles. The van der Waals surface area contributed by atoms with E-state index in [1.54, 1.807) is 19.2 Å². The van der Waals surface area contributed by atoms with E-state index >= 15 is 0 Å². The minimum atomic E-state index is -3.41. The van der Waals surface area contributed by atoms with Gasteiger partial charge in [-0.3, -0.25) is 4.31 Å². The summed E-state index contributed by atoms with van der Waals surface area (Å²) < 4.78 is 31.5. The van der Waals surface area contributed by atoms with Crippen molar-refractivity contribution in [3.05, 3.63) is 83.9 Å². The molecule has 1 aromatic heterocycles. The average Bonchev–Trinajstić information content (AvgIpc) is 3.24. The Labute approximate surface area is 210 Å². The quantitative estimate of drug-likeness (QED) is 0.463. The van der Waals surface area contributed by atoms with Crippen LogP contribution in [0.1, 0.15) is 44.4 Å². The van der Waals surface area contributed by atoms with Crippen LogP contribution >= 0.6 is 0 Å². The van der Waals surface area contributed by atoms with Gasteiger partial charge in [-0.25, -0.2) is 13.4 Å². The second kappa shape index (κ2) is 10.4. The van der Waals surface area contributed by atoms with Gasteiger partial charge in [-0.15, -0.1) is 0 Å². The van der Waals surface area contributed by atoms with Crippen LogP contribution in [0.4, 0.5) is 0 Å². The summed E-state index contributed by atoms with van der Waals surface area (Å²) >= 11 is 0. The summed E-state index contributed by atoms with van der Waals surface area (Å²) in [7, 11) is 0.125. The van der Waals surface area contributed by atoms with Gasteiger partial charge in [0.25, 0.3) is 0 Å². The molecule has 2 aromatic rings. The van der Waals surface area contributed by atoms with Crippen molar-refractivity contribution in [2.45, 2.75) is 39.2 Å². The average molecular weight is 499 g/mol. The zero-order valence-electron chi connectivity index (χ0n) is 21.7. The van der Waals surface area contributed by atoms with Gasteiger partial charge < -0.3 is 15.1 Å². The number of sulfonamides is 1. The van der Waals surface area contributed by atoms with E-state index < -0.39 is 15.6 Å². The number of benzene rings is 1. The Morgan fingerprint density at radius 1 is 1.29 bits per heavy atom. The molecule has 0 bridgehead atoms. The first-order chi connectivity index (χ1) is 16.3. The van der Waals surface area contributed by atoms with Crippen molar-refractivity contribution >= 4 is 15.6 Å². The summed E-state index contributed by atoms with van der Waals surface area (Å²) in [6.07, 6.45) is 8.26. The van der Waals surface area contributed by atoms with Gasteiger partial charge in [0.05, 0.1) is 18.0 Å². The van der Waals surface area contributed by atoms with Crippen LogP contribution in [0.15, 0.2) is 71.1 Å². The van der Waals surface area contributed by atoms with E-state index in [2.05, 4.69) is 23.4 Å². The van der Waals surface area contributed by atoms with Crippen LogP contribution in [-0.4, -0.2) is 49.5 Å². The number of likely N-dealkylation sites (N-methyl/N-ethyl adjacent to an activating group) is 1. The van der Waals surface area contributed by atoms with E-state index in [1.165, 1.54) is 24.0 Å². The first-order valence-electron chi connectivity index (χ1n) is 11.8. The number of hydrogen-bond donors (Lipinski definition) is 1. The molecule has 0 radical (unpaired) electrons. The summed E-state index contributed by atoms with van der Waals surface area (Å²) in [4.78, 5) is 6.62. The lowest BCUT2D eigenvalue weighted by Gasteiger charge is -2.22. The molecule has 3 rings (SSSR count). The molecule has 35 heavy (non-hydrogen) atoms. The molecule has 2 unspecified atom stereocenters. The van der Waals surface area contributed by atoms with Crippen molar-refractivity contribution < 1.29 is 12.8 Å². The normalized spacial score (nSPS) is 20.3. The summed E-state index contributed by atoms with van der Waals surface area (Å²) in [6, 6.07) is 9.99. The first-order valence-corrected chi connectivity index (χ1v) is 13.7. The fourth-order valence-electron chi connectivity index (χ4n) is 3.93. The standard InChI is InChI=1S/C27H38N4O3S/c1-19-13-24(19)18-30(5)20(2)14-23(15-21(3)31(6)35(7,32)33)26-29-17-25(34-26)27(4,28)16-22-11-9-8-10-12-22/h8-12,14-15,17,19,24H,2,13,16,18,28H2,1,3-7H3/b21-15+,23-14+/t19?,24?,27-/m1/s1. The van der Waals surface area contributed by atoms with Crippen molar-refractivity contribution in [1.29, 1.82) is 0 Å². The minimum absolute atomic E-state index is 0.361. The van der Waals surface area contributed by atoms with E-state index in [9.17, 15) is 8.42 Å². The molecule has 0 amide bonds. The van der Waals surface area contributed by atoms with Crippen molar-refractivity contribution in [1.82, 2.24) is 14.2 Å². The van der Waals surface area contributed by atoms with Crippen molar-refractivity contribution in [2.24, 2.45) is 17.6 Å². The molecule has 2 N–H and O–H groups in total. The second-order valence-corrected chi connectivity index (χ2v) is 12.1. The lowest BCUT2D eigenvalue weighted by molar-refractivity contribution is 0.361. The molecule has 8 heteroatoms. The van der Waals surface area contributed by atoms with Crippen molar-refractivity contribution in [3.63, 3.8) is 0 Å². The highest BCUT2D eigenvalue weighted by atomic mass is 32.2. The molecule has 1 aromatic carbocycles. The minimum Gasteiger partial charge on any atom is -0.439 e. The molecule has 7 nitrogen and oxygen atoms in total. The maximum absolute atomic E-state index is 12.1. The molecule has 1 fully saturated rings. The third kappa shape index (κ3) is 7.08. The summed E-state index contributed by atoms with van der Waals surface area (Å²) in [6.45, 7) is 11.1. The molecule has 1 aliphatic rings. The van der Waals surface area contributed by atoms with E-state index in [-0.39, 0.29) is 0 Å². The molecule has 0 saturated heterocycles. The summed E-state index contributed by atoms with van der Waals surface area (Å²) in [5, 5.41) is 0. The molecule has 0 spiro atoms. The molecule has 0 aliphatic heterocycles. The van der Waals surface area contributed by atoms with Crippen LogP contribution in [0, 0.1) is 11.8 Å². The number of hydrogen-bond acceptors (Lipinski definition) is 6. The fraction of sp³-hybridized carbons (Fsp3) is 0.444. The number of nitrogens with zero attached hydrogens (tertiary/aromatic N) is 3. The topological polar surface area (TPSA) is 92.7 Å². The van der Waals surface area contributed by atoms with Crippen LogP contribution in [0.2, 0.25) is 0 Å². The van der Waals surface area contributed by atoms with Crippen LogP contribution in [0.5, 0.6) is 0 Å². The Bertz CT molecular complexity index is 1210. The predicted molar refractivity (Wildman–Crippen MR) is 142 cm³/mol. The highest BCUT2D eigenvalue weighted by Crippen LogP contribution is 2.38. The van der Waals surface area contributed by atoms with Gasteiger partial charge in [-0.05, 0) is 56.2 Å². The highest BCUT2D eigenvalue weighted by molar-refractivity contribution is 7.88. The Kier molecular flexibility index (Phi) is 7.97. The zero-order valence-corrected chi connectivity index (χ0v) is 22.5. The Hall–Kier alpha value is -2.84. The van der Waals surface area contributed by atoms with Crippen LogP contribution in [-0.2, 0) is 22.0 Å². The first kappa shape index (κ1) is 26.8. The Morgan fingerprint density at radius 2 is 1.91 bits per heavy atom.